The third-order valence-electron chi connectivity index (χ3n) is 5.02. The molecule has 2 N–H and O–H groups in total. The Hall–Kier alpha value is -1.69. The summed E-state index contributed by atoms with van der Waals surface area (Å²) in [6.07, 6.45) is 0.720. The van der Waals surface area contributed by atoms with Crippen molar-refractivity contribution in [3.63, 3.8) is 0 Å². The summed E-state index contributed by atoms with van der Waals surface area (Å²) >= 11 is 0. The lowest BCUT2D eigenvalue weighted by atomic mass is 10.00. The molecule has 2 aromatic rings. The lowest BCUT2D eigenvalue weighted by Gasteiger charge is -2.30. The van der Waals surface area contributed by atoms with E-state index in [4.69, 9.17) is 0 Å². The minimum atomic E-state index is -0.354. The number of aromatic nitrogens is 2. The van der Waals surface area contributed by atoms with Crippen LogP contribution in [0.3, 0.4) is 0 Å². The normalized spacial score (nSPS) is 16.2. The van der Waals surface area contributed by atoms with E-state index in [1.54, 1.807) is 0 Å². The van der Waals surface area contributed by atoms with Crippen molar-refractivity contribution in [1.29, 1.82) is 0 Å². The Kier molecular flexibility index (Phi) is 5.33. The van der Waals surface area contributed by atoms with Gasteiger partial charge >= 0.3 is 0 Å². The van der Waals surface area contributed by atoms with Crippen molar-refractivity contribution >= 4 is 0 Å². The van der Waals surface area contributed by atoms with Crippen LogP contribution in [0.1, 0.15) is 28.1 Å². The molecule has 1 aromatic heterocycles. The van der Waals surface area contributed by atoms with Crippen LogP contribution in [0.2, 0.25) is 0 Å². The molecule has 1 atom stereocenters. The third kappa shape index (κ3) is 3.86. The van der Waals surface area contributed by atoms with Crippen molar-refractivity contribution < 1.29 is 5.11 Å². The smallest absolute Gasteiger partial charge is 0.0791 e. The van der Waals surface area contributed by atoms with E-state index in [9.17, 15) is 5.11 Å². The average molecular weight is 328 g/mol. The van der Waals surface area contributed by atoms with Crippen LogP contribution in [0, 0.1) is 13.8 Å². The molecule has 0 amide bonds. The summed E-state index contributed by atoms with van der Waals surface area (Å²) in [6.45, 7) is 8.15. The maximum absolute atomic E-state index is 10.3. The SMILES string of the molecule is Cc1nn(C)c(C)c1CNCC(O)CN1CCc2ccccc2C1. The monoisotopic (exact) mass is 328 g/mol. The van der Waals surface area contributed by atoms with Crippen molar-refractivity contribution in [2.45, 2.75) is 39.5 Å². The van der Waals surface area contributed by atoms with E-state index in [1.165, 1.54) is 22.4 Å². The van der Waals surface area contributed by atoms with E-state index in [-0.39, 0.29) is 6.10 Å². The first-order valence-corrected chi connectivity index (χ1v) is 8.71. The average Bonchev–Trinajstić information content (AvgIpc) is 2.81. The van der Waals surface area contributed by atoms with Gasteiger partial charge in [-0.3, -0.25) is 9.58 Å². The molecule has 0 saturated heterocycles. The number of nitrogens with zero attached hydrogens (tertiary/aromatic N) is 3. The fourth-order valence-corrected chi connectivity index (χ4v) is 3.51. The summed E-state index contributed by atoms with van der Waals surface area (Å²) in [5, 5.41) is 18.2. The maximum Gasteiger partial charge on any atom is 0.0791 e. The van der Waals surface area contributed by atoms with E-state index in [0.717, 1.165) is 31.7 Å². The largest absolute Gasteiger partial charge is 0.390 e. The van der Waals surface area contributed by atoms with Gasteiger partial charge in [-0.15, -0.1) is 0 Å². The third-order valence-corrected chi connectivity index (χ3v) is 5.02. The van der Waals surface area contributed by atoms with Crippen LogP contribution in [0.5, 0.6) is 0 Å². The molecule has 1 aromatic carbocycles. The van der Waals surface area contributed by atoms with E-state index >= 15 is 0 Å². The summed E-state index contributed by atoms with van der Waals surface area (Å²) in [5.74, 6) is 0. The van der Waals surface area contributed by atoms with Crippen LogP contribution in [0.4, 0.5) is 0 Å². The van der Waals surface area contributed by atoms with Crippen LogP contribution in [0.25, 0.3) is 0 Å². The topological polar surface area (TPSA) is 53.3 Å². The molecular weight excluding hydrogens is 300 g/mol. The van der Waals surface area contributed by atoms with Crippen LogP contribution < -0.4 is 5.32 Å². The molecule has 0 radical (unpaired) electrons. The Balaban J connectivity index is 1.46. The fraction of sp³-hybridized carbons (Fsp3) is 0.526. The Morgan fingerprint density at radius 3 is 2.71 bits per heavy atom. The number of aryl methyl sites for hydroxylation is 2. The minimum Gasteiger partial charge on any atom is -0.390 e. The number of benzene rings is 1. The van der Waals surface area contributed by atoms with Crippen LogP contribution in [-0.4, -0.2) is 45.5 Å². The van der Waals surface area contributed by atoms with Gasteiger partial charge in [0, 0.05) is 51.0 Å². The lowest BCUT2D eigenvalue weighted by molar-refractivity contribution is 0.104. The molecule has 0 spiro atoms. The zero-order chi connectivity index (χ0) is 17.1. The second kappa shape index (κ2) is 7.47. The minimum absolute atomic E-state index is 0.354. The summed E-state index contributed by atoms with van der Waals surface area (Å²) in [7, 11) is 1.97. The zero-order valence-electron chi connectivity index (χ0n) is 14.9. The van der Waals surface area contributed by atoms with E-state index in [0.29, 0.717) is 13.1 Å². The first-order valence-electron chi connectivity index (χ1n) is 8.71. The van der Waals surface area contributed by atoms with Crippen molar-refractivity contribution in [1.82, 2.24) is 20.0 Å². The maximum atomic E-state index is 10.3. The Bertz CT molecular complexity index is 695. The lowest BCUT2D eigenvalue weighted by Crippen LogP contribution is -2.40. The van der Waals surface area contributed by atoms with Crippen molar-refractivity contribution in [2.24, 2.45) is 7.05 Å². The summed E-state index contributed by atoms with van der Waals surface area (Å²) < 4.78 is 1.91. The Morgan fingerprint density at radius 2 is 2.00 bits per heavy atom. The number of hydrogen-bond donors (Lipinski definition) is 2. The summed E-state index contributed by atoms with van der Waals surface area (Å²) in [6, 6.07) is 8.61. The first kappa shape index (κ1) is 17.1. The number of aliphatic hydroxyl groups excluding tert-OH is 1. The highest BCUT2D eigenvalue weighted by Crippen LogP contribution is 2.18. The fourth-order valence-electron chi connectivity index (χ4n) is 3.51. The highest BCUT2D eigenvalue weighted by molar-refractivity contribution is 5.29. The number of aliphatic hydroxyl groups is 1. The van der Waals surface area contributed by atoms with Gasteiger partial charge in [0.2, 0.25) is 0 Å². The van der Waals surface area contributed by atoms with Gasteiger partial charge in [-0.1, -0.05) is 24.3 Å². The van der Waals surface area contributed by atoms with Crippen LogP contribution in [-0.2, 0) is 26.6 Å². The van der Waals surface area contributed by atoms with Crippen molar-refractivity contribution in [3.8, 4) is 0 Å². The molecule has 0 fully saturated rings. The highest BCUT2D eigenvalue weighted by Gasteiger charge is 2.18. The molecule has 0 bridgehead atoms. The van der Waals surface area contributed by atoms with Crippen molar-refractivity contribution in [2.75, 3.05) is 19.6 Å². The molecule has 130 valence electrons. The number of rotatable bonds is 6. The van der Waals surface area contributed by atoms with Crippen molar-refractivity contribution in [3.05, 3.63) is 52.3 Å². The van der Waals surface area contributed by atoms with Gasteiger partial charge in [-0.05, 0) is 31.4 Å². The first-order chi connectivity index (χ1) is 11.5. The van der Waals surface area contributed by atoms with Gasteiger partial charge in [0.25, 0.3) is 0 Å². The zero-order valence-corrected chi connectivity index (χ0v) is 14.9. The van der Waals surface area contributed by atoms with Gasteiger partial charge < -0.3 is 10.4 Å². The standard InChI is InChI=1S/C19H28N4O/c1-14-19(15(2)22(3)21-14)11-20-10-18(24)13-23-9-8-16-6-4-5-7-17(16)12-23/h4-7,18,20,24H,8-13H2,1-3H3. The molecule has 1 unspecified atom stereocenters. The molecule has 0 aliphatic carbocycles. The summed E-state index contributed by atoms with van der Waals surface area (Å²) in [4.78, 5) is 2.34. The molecule has 1 aliphatic rings. The Morgan fingerprint density at radius 1 is 1.25 bits per heavy atom. The highest BCUT2D eigenvalue weighted by atomic mass is 16.3. The molecule has 2 heterocycles. The second-order valence-corrected chi connectivity index (χ2v) is 6.81. The molecule has 0 saturated carbocycles. The van der Waals surface area contributed by atoms with E-state index < -0.39 is 0 Å². The molecule has 24 heavy (non-hydrogen) atoms. The number of hydrogen-bond acceptors (Lipinski definition) is 4. The van der Waals surface area contributed by atoms with Gasteiger partial charge in [0.1, 0.15) is 0 Å². The van der Waals surface area contributed by atoms with E-state index in [1.807, 2.05) is 18.7 Å². The number of fused-ring (bicyclic) bond motifs is 1. The Labute approximate surface area is 144 Å². The predicted molar refractivity (Wildman–Crippen MR) is 95.8 cm³/mol. The second-order valence-electron chi connectivity index (χ2n) is 6.81. The molecule has 1 aliphatic heterocycles. The number of nitrogens with one attached hydrogen (secondary N) is 1. The molecule has 5 nitrogen and oxygen atoms in total. The molecule has 5 heteroatoms. The quantitative estimate of drug-likeness (QED) is 0.845. The van der Waals surface area contributed by atoms with Crippen LogP contribution in [0.15, 0.2) is 24.3 Å². The van der Waals surface area contributed by atoms with Gasteiger partial charge in [0.15, 0.2) is 0 Å². The molecule has 3 rings (SSSR count). The molecular formula is C19H28N4O. The predicted octanol–water partition coefficient (Wildman–Crippen LogP) is 1.55. The van der Waals surface area contributed by atoms with Gasteiger partial charge in [0.05, 0.1) is 11.8 Å². The van der Waals surface area contributed by atoms with Gasteiger partial charge in [-0.2, -0.15) is 5.10 Å². The van der Waals surface area contributed by atoms with Crippen LogP contribution >= 0.6 is 0 Å². The number of β-amino-alcohol motifs (C(OH)–C–C–N with tert-alkyl or cyclic N) is 1. The van der Waals surface area contributed by atoms with Gasteiger partial charge in [-0.25, -0.2) is 0 Å². The summed E-state index contributed by atoms with van der Waals surface area (Å²) in [5.41, 5.74) is 6.32. The van der Waals surface area contributed by atoms with E-state index in [2.05, 4.69) is 46.5 Å².